The van der Waals surface area contributed by atoms with Crippen LogP contribution in [0.1, 0.15) is 142 Å². The SMILES string of the molecule is CC/C(=C\B(C1CCCCC1)C1CCCCC1)OB(C1CCCCC1)C1CCCCC1. The van der Waals surface area contributed by atoms with Gasteiger partial charge in [-0.15, -0.1) is 0 Å². The molecule has 174 valence electrons. The lowest BCUT2D eigenvalue weighted by Gasteiger charge is -2.37. The van der Waals surface area contributed by atoms with Gasteiger partial charge >= 0.3 is 6.92 Å². The summed E-state index contributed by atoms with van der Waals surface area (Å²) in [6.45, 7) is 3.68. The molecule has 0 saturated heterocycles. The van der Waals surface area contributed by atoms with Crippen molar-refractivity contribution in [3.8, 4) is 0 Å². The summed E-state index contributed by atoms with van der Waals surface area (Å²) in [5, 5.41) is 0. The zero-order valence-electron chi connectivity index (χ0n) is 20.8. The number of hydrogen-bond donors (Lipinski definition) is 0. The van der Waals surface area contributed by atoms with Gasteiger partial charge in [-0.3, -0.25) is 0 Å². The summed E-state index contributed by atoms with van der Waals surface area (Å²) < 4.78 is 7.15. The summed E-state index contributed by atoms with van der Waals surface area (Å²) in [6.07, 6.45) is 30.2. The van der Waals surface area contributed by atoms with E-state index in [2.05, 4.69) is 12.9 Å². The highest BCUT2D eigenvalue weighted by Crippen LogP contribution is 2.45. The summed E-state index contributed by atoms with van der Waals surface area (Å²) in [7, 11) is 0. The van der Waals surface area contributed by atoms with Crippen LogP contribution in [0.3, 0.4) is 0 Å². The molecule has 0 aromatic carbocycles. The molecule has 0 aromatic heterocycles. The lowest BCUT2D eigenvalue weighted by molar-refractivity contribution is 0.346. The van der Waals surface area contributed by atoms with Crippen LogP contribution in [-0.2, 0) is 4.65 Å². The normalized spacial score (nSPS) is 26.0. The molecule has 4 rings (SSSR count). The molecule has 0 atom stereocenters. The molecule has 0 N–H and O–H groups in total. The Hall–Kier alpha value is -0.330. The summed E-state index contributed by atoms with van der Waals surface area (Å²) in [6, 6.07) is 0. The Labute approximate surface area is 195 Å². The Kier molecular flexibility index (Phi) is 9.82. The van der Waals surface area contributed by atoms with Crippen LogP contribution in [0.25, 0.3) is 0 Å². The van der Waals surface area contributed by atoms with Gasteiger partial charge < -0.3 is 4.65 Å². The van der Waals surface area contributed by atoms with Crippen molar-refractivity contribution in [3.05, 3.63) is 11.7 Å². The van der Waals surface area contributed by atoms with Crippen LogP contribution < -0.4 is 0 Å². The Balaban J connectivity index is 1.51. The maximum atomic E-state index is 7.15. The van der Waals surface area contributed by atoms with Crippen molar-refractivity contribution in [2.24, 2.45) is 0 Å². The molecule has 0 unspecified atom stereocenters. The third kappa shape index (κ3) is 6.83. The minimum absolute atomic E-state index is 0.519. The number of rotatable bonds is 8. The maximum absolute atomic E-state index is 7.15. The van der Waals surface area contributed by atoms with Gasteiger partial charge in [0.2, 0.25) is 0 Å². The smallest absolute Gasteiger partial charge is 0.363 e. The van der Waals surface area contributed by atoms with Crippen LogP contribution in [0.15, 0.2) is 11.7 Å². The first-order valence-corrected chi connectivity index (χ1v) is 14.7. The third-order valence-corrected chi connectivity index (χ3v) is 9.63. The average Bonchev–Trinajstić information content (AvgIpc) is 2.86. The molecule has 0 aromatic rings. The fourth-order valence-electron chi connectivity index (χ4n) is 7.83. The zero-order valence-corrected chi connectivity index (χ0v) is 20.8. The monoisotopic (exact) mass is 424 g/mol. The quantitative estimate of drug-likeness (QED) is 0.278. The van der Waals surface area contributed by atoms with E-state index in [0.717, 1.165) is 36.4 Å². The van der Waals surface area contributed by atoms with Crippen molar-refractivity contribution < 1.29 is 4.65 Å². The van der Waals surface area contributed by atoms with Gasteiger partial charge in [-0.25, -0.2) is 0 Å². The first kappa shape index (κ1) is 23.8. The highest BCUT2D eigenvalue weighted by Gasteiger charge is 2.39. The van der Waals surface area contributed by atoms with Crippen LogP contribution in [0.2, 0.25) is 23.3 Å². The molecule has 0 heterocycles. The first-order valence-electron chi connectivity index (χ1n) is 14.7. The Morgan fingerprint density at radius 2 is 0.935 bits per heavy atom. The van der Waals surface area contributed by atoms with Crippen LogP contribution in [0.5, 0.6) is 0 Å². The van der Waals surface area contributed by atoms with E-state index in [1.807, 2.05) is 0 Å². The molecule has 4 aliphatic rings. The van der Waals surface area contributed by atoms with Crippen molar-refractivity contribution in [2.45, 2.75) is 165 Å². The molecular weight excluding hydrogens is 374 g/mol. The zero-order chi connectivity index (χ0) is 21.3. The molecule has 1 nitrogen and oxygen atoms in total. The fraction of sp³-hybridized carbons (Fsp3) is 0.929. The topological polar surface area (TPSA) is 9.23 Å². The molecule has 4 fully saturated rings. The molecular formula is C28H50B2O. The fourth-order valence-corrected chi connectivity index (χ4v) is 7.83. The van der Waals surface area contributed by atoms with Crippen molar-refractivity contribution in [3.63, 3.8) is 0 Å². The average molecular weight is 424 g/mol. The Morgan fingerprint density at radius 3 is 1.29 bits per heavy atom. The van der Waals surface area contributed by atoms with E-state index in [4.69, 9.17) is 4.65 Å². The second-order valence-corrected chi connectivity index (χ2v) is 11.7. The van der Waals surface area contributed by atoms with Gasteiger partial charge in [0.25, 0.3) is 0 Å². The van der Waals surface area contributed by atoms with Crippen LogP contribution in [0, 0.1) is 0 Å². The summed E-state index contributed by atoms with van der Waals surface area (Å²) >= 11 is 0. The van der Waals surface area contributed by atoms with Crippen molar-refractivity contribution in [1.82, 2.24) is 0 Å². The molecule has 0 radical (unpaired) electrons. The van der Waals surface area contributed by atoms with E-state index in [0.29, 0.717) is 6.92 Å². The van der Waals surface area contributed by atoms with E-state index in [9.17, 15) is 0 Å². The second-order valence-electron chi connectivity index (χ2n) is 11.7. The first-order chi connectivity index (χ1) is 15.3. The molecule has 0 amide bonds. The summed E-state index contributed by atoms with van der Waals surface area (Å²) in [5.74, 6) is 7.64. The van der Waals surface area contributed by atoms with Crippen molar-refractivity contribution in [1.29, 1.82) is 0 Å². The van der Waals surface area contributed by atoms with E-state index in [1.54, 1.807) is 0 Å². The standard InChI is InChI=1S/C28H50B2O/c1-2-28(23-29(24-15-7-3-8-16-24)25-17-9-4-10-18-25)31-30(26-19-11-5-12-20-26)27-21-13-6-14-22-27/h23-27H,2-22H2,1H3/b28-23+. The maximum Gasteiger partial charge on any atom is 0.363 e. The minimum atomic E-state index is 0.519. The van der Waals surface area contributed by atoms with Crippen LogP contribution in [-0.4, -0.2) is 13.6 Å². The molecule has 4 saturated carbocycles. The van der Waals surface area contributed by atoms with Crippen molar-refractivity contribution >= 4 is 13.6 Å². The largest absolute Gasteiger partial charge is 0.564 e. The number of hydrogen-bond acceptors (Lipinski definition) is 1. The molecule has 3 heteroatoms. The third-order valence-electron chi connectivity index (χ3n) is 9.63. The highest BCUT2D eigenvalue weighted by molar-refractivity contribution is 6.67. The van der Waals surface area contributed by atoms with E-state index in [1.165, 1.54) is 134 Å². The van der Waals surface area contributed by atoms with Crippen LogP contribution >= 0.6 is 0 Å². The van der Waals surface area contributed by atoms with Crippen molar-refractivity contribution in [2.75, 3.05) is 0 Å². The minimum Gasteiger partial charge on any atom is -0.564 e. The molecule has 31 heavy (non-hydrogen) atoms. The predicted octanol–water partition coefficient (Wildman–Crippen LogP) is 9.66. The summed E-state index contributed by atoms with van der Waals surface area (Å²) in [5.41, 5.74) is 0. The lowest BCUT2D eigenvalue weighted by Crippen LogP contribution is -2.34. The molecule has 0 aliphatic heterocycles. The summed E-state index contributed by atoms with van der Waals surface area (Å²) in [4.78, 5) is 0. The lowest BCUT2D eigenvalue weighted by atomic mass is 9.30. The molecule has 0 bridgehead atoms. The molecule has 0 spiro atoms. The molecule has 4 aliphatic carbocycles. The van der Waals surface area contributed by atoms with Gasteiger partial charge in [-0.05, 0) is 18.1 Å². The highest BCUT2D eigenvalue weighted by atomic mass is 16.4. The van der Waals surface area contributed by atoms with Gasteiger partial charge in [-0.1, -0.05) is 153 Å². The van der Waals surface area contributed by atoms with Gasteiger partial charge in [0.15, 0.2) is 6.71 Å². The Bertz CT molecular complexity index is 487. The van der Waals surface area contributed by atoms with Gasteiger partial charge in [-0.2, -0.15) is 0 Å². The van der Waals surface area contributed by atoms with Gasteiger partial charge in [0.1, 0.15) is 0 Å². The van der Waals surface area contributed by atoms with Gasteiger partial charge in [0, 0.05) is 0 Å². The van der Waals surface area contributed by atoms with Gasteiger partial charge in [0.05, 0.1) is 5.76 Å². The van der Waals surface area contributed by atoms with E-state index >= 15 is 0 Å². The van der Waals surface area contributed by atoms with E-state index < -0.39 is 0 Å². The van der Waals surface area contributed by atoms with E-state index in [-0.39, 0.29) is 0 Å². The number of allylic oxidation sites excluding steroid dienone is 1. The Morgan fingerprint density at radius 1 is 0.581 bits per heavy atom. The second kappa shape index (κ2) is 12.8. The van der Waals surface area contributed by atoms with Crippen LogP contribution in [0.4, 0.5) is 0 Å². The predicted molar refractivity (Wildman–Crippen MR) is 138 cm³/mol.